The van der Waals surface area contributed by atoms with E-state index in [1.54, 1.807) is 60.7 Å². The Balaban J connectivity index is 1.74. The van der Waals surface area contributed by atoms with Crippen LogP contribution in [0.5, 0.6) is 0 Å². The van der Waals surface area contributed by atoms with Gasteiger partial charge in [0.2, 0.25) is 0 Å². The Morgan fingerprint density at radius 3 is 1.45 bits per heavy atom. The van der Waals surface area contributed by atoms with Crippen molar-refractivity contribution in [2.75, 3.05) is 13.2 Å². The van der Waals surface area contributed by atoms with Crippen molar-refractivity contribution in [1.29, 1.82) is 0 Å². The first-order chi connectivity index (χ1) is 10.7. The Morgan fingerprint density at radius 1 is 0.727 bits per heavy atom. The number of carbonyl (C=O) groups is 2. The molecule has 0 unspecified atom stereocenters. The molecule has 0 aliphatic carbocycles. The molecule has 0 atom stereocenters. The molecule has 0 saturated heterocycles. The van der Waals surface area contributed by atoms with Gasteiger partial charge >= 0.3 is 8.25 Å². The smallest absolute Gasteiger partial charge is 0.291 e. The van der Waals surface area contributed by atoms with Crippen molar-refractivity contribution in [3.8, 4) is 0 Å². The van der Waals surface area contributed by atoms with Crippen molar-refractivity contribution in [2.24, 2.45) is 0 Å². The average Bonchev–Trinajstić information content (AvgIpc) is 2.59. The number of benzene rings is 2. The molecule has 0 aliphatic rings. The van der Waals surface area contributed by atoms with Crippen LogP contribution in [0.4, 0.5) is 0 Å². The van der Waals surface area contributed by atoms with Crippen molar-refractivity contribution >= 4 is 19.8 Å². The van der Waals surface area contributed by atoms with E-state index in [4.69, 9.17) is 9.05 Å². The molecule has 0 amide bonds. The van der Waals surface area contributed by atoms with Crippen LogP contribution in [0.1, 0.15) is 20.7 Å². The molecular weight excluding hydrogens is 303 g/mol. The van der Waals surface area contributed by atoms with Gasteiger partial charge in [0, 0.05) is 15.7 Å². The van der Waals surface area contributed by atoms with E-state index in [9.17, 15) is 14.2 Å². The summed E-state index contributed by atoms with van der Waals surface area (Å²) in [6, 6.07) is 17.0. The summed E-state index contributed by atoms with van der Waals surface area (Å²) >= 11 is 0. The monoisotopic (exact) mass is 317 g/mol. The normalized spacial score (nSPS) is 10.2. The largest absolute Gasteiger partial charge is 0.698 e. The zero-order chi connectivity index (χ0) is 15.8. The lowest BCUT2D eigenvalue weighted by Gasteiger charge is -1.96. The Hall–Kier alpha value is -2.20. The van der Waals surface area contributed by atoms with Gasteiger partial charge in [0.25, 0.3) is 0 Å². The Labute approximate surface area is 128 Å². The third-order valence-electron chi connectivity index (χ3n) is 2.79. The van der Waals surface area contributed by atoms with Gasteiger partial charge in [-0.2, -0.15) is 0 Å². The van der Waals surface area contributed by atoms with Crippen molar-refractivity contribution in [3.05, 3.63) is 71.8 Å². The number of carbonyl (C=O) groups excluding carboxylic acids is 2. The molecule has 0 N–H and O–H groups in total. The van der Waals surface area contributed by atoms with E-state index in [1.165, 1.54) is 0 Å². The highest BCUT2D eigenvalue weighted by Gasteiger charge is 2.24. The summed E-state index contributed by atoms with van der Waals surface area (Å²) in [6.07, 6.45) is 0. The average molecular weight is 317 g/mol. The van der Waals surface area contributed by atoms with Crippen LogP contribution in [0.25, 0.3) is 0 Å². The molecule has 6 heteroatoms. The van der Waals surface area contributed by atoms with Gasteiger partial charge < -0.3 is 0 Å². The van der Waals surface area contributed by atoms with Crippen molar-refractivity contribution in [2.45, 2.75) is 0 Å². The third-order valence-corrected chi connectivity index (χ3v) is 3.47. The maximum Gasteiger partial charge on any atom is 0.698 e. The summed E-state index contributed by atoms with van der Waals surface area (Å²) in [5.74, 6) is -0.608. The van der Waals surface area contributed by atoms with Crippen molar-refractivity contribution < 1.29 is 23.2 Å². The standard InChI is InChI=1S/C16H14O5P/c17-15(13-7-3-1-4-8-13)11-20-22(19)21-12-16(18)14-9-5-2-6-10-14/h1-10H,11-12H2/q+1. The van der Waals surface area contributed by atoms with Gasteiger partial charge in [-0.15, -0.1) is 9.05 Å². The van der Waals surface area contributed by atoms with Crippen LogP contribution in [-0.2, 0) is 13.6 Å². The second-order valence-electron chi connectivity index (χ2n) is 4.35. The summed E-state index contributed by atoms with van der Waals surface area (Å²) in [6.45, 7) is -0.725. The second-order valence-corrected chi connectivity index (χ2v) is 5.31. The third kappa shape index (κ3) is 4.97. The lowest BCUT2D eigenvalue weighted by atomic mass is 10.1. The quantitative estimate of drug-likeness (QED) is 0.551. The maximum atomic E-state index is 11.7. The van der Waals surface area contributed by atoms with Crippen LogP contribution in [-0.4, -0.2) is 24.8 Å². The lowest BCUT2D eigenvalue weighted by Crippen LogP contribution is -2.08. The molecule has 2 rings (SSSR count). The van der Waals surface area contributed by atoms with Gasteiger partial charge in [-0.1, -0.05) is 60.7 Å². The summed E-state index contributed by atoms with van der Waals surface area (Å²) in [4.78, 5) is 23.5. The topological polar surface area (TPSA) is 69.7 Å². The van der Waals surface area contributed by atoms with Crippen LogP contribution in [0.3, 0.4) is 0 Å². The van der Waals surface area contributed by atoms with E-state index in [2.05, 4.69) is 0 Å². The molecule has 2 aromatic rings. The molecule has 0 saturated carbocycles. The fourth-order valence-electron chi connectivity index (χ4n) is 1.67. The minimum atomic E-state index is -2.52. The molecule has 0 radical (unpaired) electrons. The first kappa shape index (κ1) is 16.2. The second kappa shape index (κ2) is 8.29. The van der Waals surface area contributed by atoms with Gasteiger partial charge in [-0.3, -0.25) is 9.59 Å². The van der Waals surface area contributed by atoms with Crippen LogP contribution in [0.15, 0.2) is 60.7 Å². The molecule has 0 bridgehead atoms. The molecular formula is C16H14O5P+. The summed E-state index contributed by atoms with van der Waals surface area (Å²) < 4.78 is 21.2. The summed E-state index contributed by atoms with van der Waals surface area (Å²) in [5, 5.41) is 0. The molecule has 22 heavy (non-hydrogen) atoms. The van der Waals surface area contributed by atoms with Gasteiger partial charge in [0.05, 0.1) is 0 Å². The Kier molecular flexibility index (Phi) is 6.10. The van der Waals surface area contributed by atoms with Crippen molar-refractivity contribution in [1.82, 2.24) is 0 Å². The molecule has 112 valence electrons. The van der Waals surface area contributed by atoms with E-state index < -0.39 is 8.25 Å². The molecule has 5 nitrogen and oxygen atoms in total. The fourth-order valence-corrected chi connectivity index (χ4v) is 2.19. The number of hydrogen-bond acceptors (Lipinski definition) is 5. The van der Waals surface area contributed by atoms with E-state index in [0.717, 1.165) is 0 Å². The minimum Gasteiger partial charge on any atom is -0.291 e. The van der Waals surface area contributed by atoms with Crippen LogP contribution >= 0.6 is 8.25 Å². The van der Waals surface area contributed by atoms with Gasteiger partial charge in [-0.25, -0.2) is 0 Å². The van der Waals surface area contributed by atoms with E-state index in [-0.39, 0.29) is 24.8 Å². The number of rotatable bonds is 8. The van der Waals surface area contributed by atoms with E-state index in [0.29, 0.717) is 11.1 Å². The Bertz CT molecular complexity index is 597. The minimum absolute atomic E-state index is 0.304. The molecule has 0 fully saturated rings. The van der Waals surface area contributed by atoms with Crippen LogP contribution in [0.2, 0.25) is 0 Å². The summed E-state index contributed by atoms with van der Waals surface area (Å²) in [5.41, 5.74) is 0.928. The fraction of sp³-hybridized carbons (Fsp3) is 0.125. The number of ketones is 2. The Morgan fingerprint density at radius 2 is 1.09 bits per heavy atom. The summed E-state index contributed by atoms with van der Waals surface area (Å²) in [7, 11) is -2.52. The highest BCUT2D eigenvalue weighted by Crippen LogP contribution is 2.24. The molecule has 0 heterocycles. The van der Waals surface area contributed by atoms with Crippen LogP contribution in [0, 0.1) is 0 Å². The molecule has 0 aliphatic heterocycles. The van der Waals surface area contributed by atoms with Crippen LogP contribution < -0.4 is 0 Å². The first-order valence-corrected chi connectivity index (χ1v) is 7.66. The van der Waals surface area contributed by atoms with Gasteiger partial charge in [0.1, 0.15) is 0 Å². The van der Waals surface area contributed by atoms with Crippen molar-refractivity contribution in [3.63, 3.8) is 0 Å². The van der Waals surface area contributed by atoms with E-state index in [1.807, 2.05) is 0 Å². The predicted molar refractivity (Wildman–Crippen MR) is 81.1 cm³/mol. The zero-order valence-electron chi connectivity index (χ0n) is 11.7. The molecule has 2 aromatic carbocycles. The maximum absolute atomic E-state index is 11.7. The highest BCUT2D eigenvalue weighted by atomic mass is 31.1. The zero-order valence-corrected chi connectivity index (χ0v) is 12.6. The SMILES string of the molecule is O=C(CO[P+](=O)OCC(=O)c1ccccc1)c1ccccc1. The van der Waals surface area contributed by atoms with Gasteiger partial charge in [-0.05, 0) is 0 Å². The van der Waals surface area contributed by atoms with E-state index >= 15 is 0 Å². The molecule has 0 spiro atoms. The number of hydrogen-bond donors (Lipinski definition) is 0. The highest BCUT2D eigenvalue weighted by molar-refractivity contribution is 7.33. The number of Topliss-reactive ketones (excluding diaryl/α,β-unsaturated/α-hetero) is 2. The first-order valence-electron chi connectivity index (χ1n) is 6.56. The van der Waals surface area contributed by atoms with Gasteiger partial charge in [0.15, 0.2) is 24.8 Å². The lowest BCUT2D eigenvalue weighted by molar-refractivity contribution is 0.0877. The predicted octanol–water partition coefficient (Wildman–Crippen LogP) is 3.44. The molecule has 0 aromatic heterocycles.